The van der Waals surface area contributed by atoms with Gasteiger partial charge in [0.1, 0.15) is 0 Å². The van der Waals surface area contributed by atoms with Crippen molar-refractivity contribution in [2.24, 2.45) is 14.1 Å². The second kappa shape index (κ2) is 21.5. The van der Waals surface area contributed by atoms with E-state index >= 15 is 0 Å². The number of hydrogen-bond donors (Lipinski definition) is 0. The van der Waals surface area contributed by atoms with Crippen molar-refractivity contribution < 1.29 is 82.1 Å². The third-order valence-electron chi connectivity index (χ3n) is 17.9. The fourth-order valence-electron chi connectivity index (χ4n) is 11.6. The zero-order chi connectivity index (χ0) is 50.6. The maximum atomic E-state index is 5.04. The van der Waals surface area contributed by atoms with Gasteiger partial charge in [-0.15, -0.1) is 0 Å². The molecule has 0 fully saturated rings. The quantitative estimate of drug-likeness (QED) is 0.139. The van der Waals surface area contributed by atoms with Crippen LogP contribution in [0.2, 0.25) is 0 Å². The number of benzene rings is 6. The topological polar surface area (TPSA) is 24.0 Å². The van der Waals surface area contributed by atoms with Crippen LogP contribution in [-0.2, 0) is 14.1 Å². The van der Waals surface area contributed by atoms with Crippen LogP contribution in [0.25, 0.3) is 65.4 Å². The summed E-state index contributed by atoms with van der Waals surface area (Å²) in [6.45, 7) is 55.8. The number of nitrogens with zero attached hydrogens (tertiary/aromatic N) is 3. The van der Waals surface area contributed by atoms with Gasteiger partial charge >= 0.3 is 161 Å². The third-order valence-corrected chi connectivity index (χ3v) is 19.2. The molecule has 0 aliphatic heterocycles. The van der Waals surface area contributed by atoms with Crippen LogP contribution in [0.3, 0.4) is 0 Å². The normalized spacial score (nSPS) is 11.3. The van der Waals surface area contributed by atoms with Crippen LogP contribution >= 0.6 is 0 Å². The van der Waals surface area contributed by atoms with E-state index in [1.165, 1.54) is 193 Å². The molecule has 3 aromatic heterocycles. The van der Waals surface area contributed by atoms with E-state index in [1.807, 2.05) is 13.8 Å². The maximum Gasteiger partial charge on any atom is 0.0524 e. The Morgan fingerprint density at radius 1 is 0.261 bits per heavy atom. The number of rotatable bonds is 0. The van der Waals surface area contributed by atoms with E-state index < -0.39 is 0 Å². The zero-order valence-electron chi connectivity index (χ0n) is 48.3. The van der Waals surface area contributed by atoms with Gasteiger partial charge in [0.25, 0.3) is 0 Å². The van der Waals surface area contributed by atoms with Crippen molar-refractivity contribution in [1.82, 2.24) is 14.1 Å². The largest absolute Gasteiger partial charge is 0.358 e. The molecule has 0 aliphatic rings. The smallest absolute Gasteiger partial charge is 0.0524 e. The summed E-state index contributed by atoms with van der Waals surface area (Å²) in [5.74, 6) is 0. The minimum atomic E-state index is 0. The van der Waals surface area contributed by atoms with Crippen LogP contribution in [-0.4, -0.2) is 9.13 Å². The Kier molecular flexibility index (Phi) is 18.4. The zero-order valence-corrected chi connectivity index (χ0v) is 54.1. The van der Waals surface area contributed by atoms with Crippen molar-refractivity contribution in [2.45, 2.75) is 173 Å². The summed E-state index contributed by atoms with van der Waals surface area (Å²) < 4.78 is 6.21. The minimum absolute atomic E-state index is 0. The van der Waals surface area contributed by atoms with Gasteiger partial charge in [0.05, 0.1) is 22.1 Å². The molecule has 0 amide bonds. The Morgan fingerprint density at radius 3 is 0.710 bits per heavy atom. The SMILES string of the molecule is CC.Cc1c(C)c(C)c2c([n-]c3c(C)c(C)c(C)c([XeH])c32)c1C.Cc1c(C)c(C)c2c(c1C)c1c(C)c(C)c(C)c(C)c1n2C.Cc1c(C)c(C)c2c(c1C)c1c(C)c(C)c(C)c(C)c1n2C.[CH3-].[La]. The minimum Gasteiger partial charge on any atom is -0.358 e. The summed E-state index contributed by atoms with van der Waals surface area (Å²) in [5, 5.41) is 8.56. The first kappa shape index (κ1) is 59.1. The van der Waals surface area contributed by atoms with E-state index in [0.29, 0.717) is 0 Å². The molecule has 3 nitrogen and oxygen atoms in total. The van der Waals surface area contributed by atoms with Crippen molar-refractivity contribution in [3.63, 3.8) is 0 Å². The first-order valence-corrected chi connectivity index (χ1v) is 25.8. The molecule has 9 aromatic rings. The molecule has 5 heteroatoms. The molecule has 369 valence electrons. The van der Waals surface area contributed by atoms with Crippen LogP contribution in [0.15, 0.2) is 0 Å². The number of aromatic nitrogens is 3. The summed E-state index contributed by atoms with van der Waals surface area (Å²) in [6, 6.07) is 0. The van der Waals surface area contributed by atoms with Gasteiger partial charge in [-0.25, -0.2) is 0 Å². The van der Waals surface area contributed by atoms with E-state index in [2.05, 4.69) is 229 Å². The molecular weight excluding hydrogens is 1080 g/mol. The molecule has 1 radical (unpaired) electrons. The molecule has 0 spiro atoms. The van der Waals surface area contributed by atoms with E-state index in [0.717, 1.165) is 0 Å². The van der Waals surface area contributed by atoms with Crippen LogP contribution in [0.5, 0.6) is 0 Å². The summed E-state index contributed by atoms with van der Waals surface area (Å²) in [5.41, 5.74) is 40.5. The van der Waals surface area contributed by atoms with Crippen molar-refractivity contribution in [2.75, 3.05) is 0 Å². The number of fused-ring (bicyclic) bond motifs is 9. The molecule has 0 N–H and O–H groups in total. The standard InChI is InChI=1S/2C21H27N.C19H22NXe.C2H6.CH3.La/c2*1-10-12(3)16(7)20-18(14(10)5)19-15(6)11(2)13(4)17(8)21(19)22(20)9;1-8-9(2)12(5)17-15(11(8)4)16-18(20-17)13(6)10(3)14(7)19(16)21;1-2;;/h2*1-9H3;21H,1-7H3;1-2H3;1H3;/q;;-1;;-1;. The van der Waals surface area contributed by atoms with Crippen molar-refractivity contribution in [3.8, 4) is 0 Å². The summed E-state index contributed by atoms with van der Waals surface area (Å²) in [4.78, 5) is 5.04. The average Bonchev–Trinajstić information content (AvgIpc) is 3.97. The molecule has 0 unspecified atom stereocenters. The monoisotopic (exact) mass is 1170 g/mol. The summed E-state index contributed by atoms with van der Waals surface area (Å²) >= 11 is 2.50. The predicted octanol–water partition coefficient (Wildman–Crippen LogP) is 17.1. The van der Waals surface area contributed by atoms with Crippen molar-refractivity contribution in [3.05, 3.63) is 135 Å². The summed E-state index contributed by atoms with van der Waals surface area (Å²) in [6.07, 6.45) is 0. The van der Waals surface area contributed by atoms with E-state index in [9.17, 15) is 0 Å². The molecular formula is C64H85LaN3Xe-2. The van der Waals surface area contributed by atoms with E-state index in [1.54, 1.807) is 0 Å². The fraction of sp³-hybridized carbons (Fsp3) is 0.422. The van der Waals surface area contributed by atoms with Crippen molar-refractivity contribution in [1.29, 1.82) is 0 Å². The van der Waals surface area contributed by atoms with Gasteiger partial charge in [0, 0.05) is 71.2 Å². The first-order chi connectivity index (χ1) is 31.2. The van der Waals surface area contributed by atoms with E-state index in [4.69, 9.17) is 4.98 Å². The second-order valence-corrected chi connectivity index (χ2v) is 21.3. The Bertz CT molecular complexity index is 3190. The van der Waals surface area contributed by atoms with Crippen molar-refractivity contribution >= 4 is 65.4 Å². The fourth-order valence-corrected chi connectivity index (χ4v) is 12.5. The second-order valence-electron chi connectivity index (χ2n) is 20.3. The molecule has 0 saturated carbocycles. The van der Waals surface area contributed by atoms with Crippen LogP contribution in [0.4, 0.5) is 0 Å². The molecule has 6 aromatic carbocycles. The Labute approximate surface area is 478 Å². The Balaban J connectivity index is 0.000000218. The van der Waals surface area contributed by atoms with Gasteiger partial charge < -0.3 is 16.6 Å². The molecule has 9 rings (SSSR count). The number of aryl methyl sites for hydroxylation is 13. The van der Waals surface area contributed by atoms with Gasteiger partial charge in [-0.2, -0.15) is 0 Å². The van der Waals surface area contributed by atoms with Gasteiger partial charge in [0.15, 0.2) is 0 Å². The maximum absolute atomic E-state index is 5.04. The van der Waals surface area contributed by atoms with Gasteiger partial charge in [-0.1, -0.05) is 13.8 Å². The first-order valence-electron chi connectivity index (χ1n) is 24.7. The Morgan fingerprint density at radius 2 is 0.449 bits per heavy atom. The van der Waals surface area contributed by atoms with Crippen LogP contribution in [0, 0.1) is 249 Å². The predicted molar refractivity (Wildman–Crippen MR) is 303 cm³/mol. The molecule has 69 heavy (non-hydrogen) atoms. The van der Waals surface area contributed by atoms with Gasteiger partial charge in [0.2, 0.25) is 0 Å². The molecule has 0 atom stereocenters. The molecule has 0 saturated heterocycles. The molecule has 3 heterocycles. The summed E-state index contributed by atoms with van der Waals surface area (Å²) in [7, 11) is 4.46. The molecule has 0 bridgehead atoms. The van der Waals surface area contributed by atoms with E-state index in [-0.39, 0.29) is 43.0 Å². The third kappa shape index (κ3) is 8.77. The van der Waals surface area contributed by atoms with Crippen LogP contribution in [0.1, 0.15) is 142 Å². The average molecular weight is 1170 g/mol. The van der Waals surface area contributed by atoms with Gasteiger partial charge in [-0.3, -0.25) is 0 Å². The van der Waals surface area contributed by atoms with Crippen LogP contribution < -0.4 is 5.02 Å². The Hall–Kier alpha value is -2.51. The molecule has 0 aliphatic carbocycles. The number of hydrogen-bond acceptors (Lipinski definition) is 0. The van der Waals surface area contributed by atoms with Gasteiger partial charge in [-0.05, 0) is 200 Å².